The number of carbonyl (C=O) groups is 3. The summed E-state index contributed by atoms with van der Waals surface area (Å²) in [7, 11) is -3.48. The van der Waals surface area contributed by atoms with Gasteiger partial charge in [-0.15, -0.1) is 0 Å². The zero-order chi connectivity index (χ0) is 17.1. The number of amides is 2. The molecule has 0 radical (unpaired) electrons. The van der Waals surface area contributed by atoms with Crippen molar-refractivity contribution in [1.82, 2.24) is 14.5 Å². The second kappa shape index (κ2) is 6.41. The number of aliphatic carboxylic acids is 1. The van der Waals surface area contributed by atoms with Crippen LogP contribution in [0.1, 0.15) is 14.8 Å². The van der Waals surface area contributed by atoms with Crippen LogP contribution in [-0.2, 0) is 24.4 Å². The standard InChI is InChI=1S/C13H17N3O6S.Na.H/c1-6(17)15-5-8-3-7(4-14-23(2,21)22)10(13(19)20)16-9(8)11(15)12(16)18;;/h8-9,11,14H,3-5H2,1-2H3,(H,19,20);;/q;+1;-1/t8-,9-,11+;;/m1../s1. The number of β-lactam (4-membered cyclic amide) rings is 1. The van der Waals surface area contributed by atoms with E-state index in [-0.39, 0.29) is 61.1 Å². The fourth-order valence-electron chi connectivity index (χ4n) is 3.74. The summed E-state index contributed by atoms with van der Waals surface area (Å²) in [5.74, 6) is -1.96. The van der Waals surface area contributed by atoms with Gasteiger partial charge in [0.2, 0.25) is 15.9 Å². The topological polar surface area (TPSA) is 124 Å². The summed E-state index contributed by atoms with van der Waals surface area (Å²) < 4.78 is 24.8. The molecule has 0 aromatic heterocycles. The zero-order valence-electron chi connectivity index (χ0n) is 14.6. The predicted molar refractivity (Wildman–Crippen MR) is 78.5 cm³/mol. The number of hydrogen-bond donors (Lipinski definition) is 2. The van der Waals surface area contributed by atoms with Crippen LogP contribution in [0.3, 0.4) is 0 Å². The van der Waals surface area contributed by atoms with Crippen molar-refractivity contribution < 1.29 is 58.9 Å². The van der Waals surface area contributed by atoms with Crippen LogP contribution in [0.4, 0.5) is 0 Å². The van der Waals surface area contributed by atoms with E-state index < -0.39 is 27.9 Å². The molecule has 0 bridgehead atoms. The molecule has 0 aromatic carbocycles. The third-order valence-corrected chi connectivity index (χ3v) is 5.27. The van der Waals surface area contributed by atoms with Gasteiger partial charge in [0.05, 0.1) is 12.3 Å². The minimum atomic E-state index is -3.48. The number of rotatable bonds is 4. The molecule has 9 nitrogen and oxygen atoms in total. The molecule has 2 amide bonds. The first kappa shape index (κ1) is 19.4. The molecule has 3 atom stereocenters. The molecule has 2 N–H and O–H groups in total. The van der Waals surface area contributed by atoms with Gasteiger partial charge in [-0.05, 0) is 12.0 Å². The Morgan fingerprint density at radius 1 is 1.42 bits per heavy atom. The molecule has 0 saturated carbocycles. The van der Waals surface area contributed by atoms with Gasteiger partial charge in [-0.2, -0.15) is 0 Å². The molecule has 2 saturated heterocycles. The smallest absolute Gasteiger partial charge is 1.00 e. The van der Waals surface area contributed by atoms with E-state index in [1.54, 1.807) is 0 Å². The predicted octanol–water partition coefficient (Wildman–Crippen LogP) is -4.55. The summed E-state index contributed by atoms with van der Waals surface area (Å²) in [5, 5.41) is 9.44. The minimum absolute atomic E-state index is 0. The monoisotopic (exact) mass is 367 g/mol. The number of carboxylic acids is 1. The molecule has 11 heteroatoms. The summed E-state index contributed by atoms with van der Waals surface area (Å²) in [6.07, 6.45) is 1.33. The third kappa shape index (κ3) is 3.01. The summed E-state index contributed by atoms with van der Waals surface area (Å²) >= 11 is 0. The van der Waals surface area contributed by atoms with Crippen LogP contribution in [0.15, 0.2) is 11.3 Å². The van der Waals surface area contributed by atoms with Crippen LogP contribution in [0, 0.1) is 5.92 Å². The van der Waals surface area contributed by atoms with Gasteiger partial charge in [-0.1, -0.05) is 0 Å². The third-order valence-electron chi connectivity index (χ3n) is 4.60. The van der Waals surface area contributed by atoms with E-state index >= 15 is 0 Å². The van der Waals surface area contributed by atoms with Crippen molar-refractivity contribution in [2.24, 2.45) is 5.92 Å². The first-order valence-corrected chi connectivity index (χ1v) is 9.01. The first-order chi connectivity index (χ1) is 10.6. The maximum atomic E-state index is 12.3. The molecule has 128 valence electrons. The average molecular weight is 367 g/mol. The van der Waals surface area contributed by atoms with Gasteiger partial charge in [0.1, 0.15) is 11.7 Å². The second-order valence-corrected chi connectivity index (χ2v) is 7.96. The van der Waals surface area contributed by atoms with Crippen LogP contribution in [0.2, 0.25) is 0 Å². The van der Waals surface area contributed by atoms with Gasteiger partial charge in [0.25, 0.3) is 5.91 Å². The van der Waals surface area contributed by atoms with E-state index in [1.165, 1.54) is 16.7 Å². The Morgan fingerprint density at radius 3 is 2.54 bits per heavy atom. The molecule has 2 fully saturated rings. The fraction of sp³-hybridized carbons (Fsp3) is 0.615. The SMILES string of the molecule is CC(=O)N1C[C@H]2CC(CNS(C)(=O)=O)=C(C(=O)O)N3C(=O)[C@@H]1[C@@H]23.[H-].[Na+]. The number of likely N-dealkylation sites (tertiary alicyclic amines) is 1. The summed E-state index contributed by atoms with van der Waals surface area (Å²) in [6, 6.07) is -0.907. The molecule has 3 aliphatic heterocycles. The fourth-order valence-corrected chi connectivity index (χ4v) is 4.17. The largest absolute Gasteiger partial charge is 1.00 e. The van der Waals surface area contributed by atoms with Crippen molar-refractivity contribution in [3.8, 4) is 0 Å². The van der Waals surface area contributed by atoms with Gasteiger partial charge in [-0.25, -0.2) is 17.9 Å². The molecule has 0 unspecified atom stereocenters. The Kier molecular flexibility index (Phi) is 5.18. The van der Waals surface area contributed by atoms with Gasteiger partial charge in [-0.3, -0.25) is 14.5 Å². The normalized spacial score (nSPS) is 28.2. The molecule has 0 aliphatic carbocycles. The van der Waals surface area contributed by atoms with Crippen molar-refractivity contribution >= 4 is 27.8 Å². The van der Waals surface area contributed by atoms with Crippen LogP contribution < -0.4 is 34.3 Å². The second-order valence-electron chi connectivity index (χ2n) is 6.13. The first-order valence-electron chi connectivity index (χ1n) is 7.12. The minimum Gasteiger partial charge on any atom is -1.00 e. The number of hydrogen-bond acceptors (Lipinski definition) is 5. The summed E-state index contributed by atoms with van der Waals surface area (Å²) in [4.78, 5) is 38.2. The maximum absolute atomic E-state index is 12.3. The van der Waals surface area contributed by atoms with E-state index in [0.29, 0.717) is 18.5 Å². The number of carboxylic acid groups (broad SMARTS) is 1. The number of nitrogens with one attached hydrogen (secondary N) is 1. The maximum Gasteiger partial charge on any atom is 1.00 e. The Hall–Kier alpha value is -0.940. The quantitative estimate of drug-likeness (QED) is 0.381. The van der Waals surface area contributed by atoms with Gasteiger partial charge in [0.15, 0.2) is 0 Å². The van der Waals surface area contributed by atoms with Crippen LogP contribution in [-0.4, -0.2) is 72.5 Å². The number of nitrogens with zero attached hydrogens (tertiary/aromatic N) is 2. The van der Waals surface area contributed by atoms with E-state index in [0.717, 1.165) is 6.26 Å². The molecule has 0 spiro atoms. The molecule has 0 aromatic rings. The summed E-state index contributed by atoms with van der Waals surface area (Å²) in [5.41, 5.74) is 0.204. The molecule has 3 heterocycles. The average Bonchev–Trinajstić information content (AvgIpc) is 2.79. The van der Waals surface area contributed by atoms with E-state index in [2.05, 4.69) is 4.72 Å². The van der Waals surface area contributed by atoms with Gasteiger partial charge >= 0.3 is 35.5 Å². The molecule has 3 rings (SSSR count). The van der Waals surface area contributed by atoms with E-state index in [9.17, 15) is 27.9 Å². The van der Waals surface area contributed by atoms with Crippen molar-refractivity contribution in [3.05, 3.63) is 11.3 Å². The molecule has 24 heavy (non-hydrogen) atoms. The molecule has 3 aliphatic rings. The summed E-state index contributed by atoms with van der Waals surface area (Å²) in [6.45, 7) is 1.60. The van der Waals surface area contributed by atoms with E-state index in [4.69, 9.17) is 0 Å². The van der Waals surface area contributed by atoms with Crippen molar-refractivity contribution in [2.45, 2.75) is 25.4 Å². The van der Waals surface area contributed by atoms with Crippen LogP contribution in [0.25, 0.3) is 0 Å². The Morgan fingerprint density at radius 2 is 2.04 bits per heavy atom. The van der Waals surface area contributed by atoms with E-state index in [1.807, 2.05) is 0 Å². The number of carbonyl (C=O) groups excluding carboxylic acids is 2. The Labute approximate surface area is 162 Å². The van der Waals surface area contributed by atoms with Gasteiger partial charge in [0, 0.05) is 25.9 Å². The molecular formula is C13H18N3NaO6S. The van der Waals surface area contributed by atoms with Crippen molar-refractivity contribution in [2.75, 3.05) is 19.3 Å². The van der Waals surface area contributed by atoms with Crippen LogP contribution >= 0.6 is 0 Å². The van der Waals surface area contributed by atoms with Crippen molar-refractivity contribution in [3.63, 3.8) is 0 Å². The Balaban J connectivity index is 0.00000156. The molecular weight excluding hydrogens is 349 g/mol. The Bertz CT molecular complexity index is 755. The van der Waals surface area contributed by atoms with Gasteiger partial charge < -0.3 is 11.4 Å². The number of sulfonamides is 1. The van der Waals surface area contributed by atoms with Crippen molar-refractivity contribution in [1.29, 1.82) is 0 Å². The van der Waals surface area contributed by atoms with Crippen LogP contribution in [0.5, 0.6) is 0 Å². The zero-order valence-corrected chi connectivity index (χ0v) is 16.5.